The van der Waals surface area contributed by atoms with Gasteiger partial charge in [-0.15, -0.1) is 0 Å². The van der Waals surface area contributed by atoms with E-state index in [1.165, 1.54) is 24.3 Å². The number of nitrogens with one attached hydrogen (secondary N) is 2. The van der Waals surface area contributed by atoms with Gasteiger partial charge in [0.2, 0.25) is 0 Å². The Morgan fingerprint density at radius 3 is 2.36 bits per heavy atom. The molecule has 0 saturated carbocycles. The number of hydrogen-bond acceptors (Lipinski definition) is 4. The van der Waals surface area contributed by atoms with Gasteiger partial charge in [-0.1, -0.05) is 18.2 Å². The van der Waals surface area contributed by atoms with Gasteiger partial charge in [0.25, 0.3) is 5.91 Å². The van der Waals surface area contributed by atoms with E-state index >= 15 is 0 Å². The summed E-state index contributed by atoms with van der Waals surface area (Å²) in [5.74, 6) is -1.01. The van der Waals surface area contributed by atoms with Crippen molar-refractivity contribution in [3.8, 4) is 0 Å². The predicted molar refractivity (Wildman–Crippen MR) is 105 cm³/mol. The number of rotatable bonds is 7. The van der Waals surface area contributed by atoms with Gasteiger partial charge in [-0.3, -0.25) is 9.59 Å². The minimum absolute atomic E-state index is 0.106. The Balaban J connectivity index is 1.77. The molecule has 1 heterocycles. The Hall–Kier alpha value is -2.57. The molecule has 0 spiro atoms. The normalized spacial score (nSPS) is 15.8. The Bertz CT molecular complexity index is 824. The summed E-state index contributed by atoms with van der Waals surface area (Å²) in [4.78, 5) is 25.7. The maximum Gasteiger partial charge on any atom is 0.252 e. The molecule has 0 unspecified atom stereocenters. The van der Waals surface area contributed by atoms with E-state index in [9.17, 15) is 14.0 Å². The van der Waals surface area contributed by atoms with Crippen molar-refractivity contribution in [2.45, 2.75) is 12.8 Å². The second kappa shape index (κ2) is 9.08. The third kappa shape index (κ3) is 4.64. The molecule has 1 amide bonds. The molecule has 1 aliphatic heterocycles. The molecule has 0 aromatic heterocycles. The van der Waals surface area contributed by atoms with Crippen LogP contribution in [0.5, 0.6) is 0 Å². The fourth-order valence-electron chi connectivity index (χ4n) is 3.63. The molecule has 28 heavy (non-hydrogen) atoms. The zero-order valence-corrected chi connectivity index (χ0v) is 16.0. The van der Waals surface area contributed by atoms with Gasteiger partial charge in [0.15, 0.2) is 5.78 Å². The number of ketones is 1. The SMILES string of the molecule is COCC1(CNC(=O)c2ccccc2C(=O)c2ccc(F)cc2)CCNCC1. The first kappa shape index (κ1) is 20.2. The lowest BCUT2D eigenvalue weighted by molar-refractivity contribution is 0.0511. The first-order valence-electron chi connectivity index (χ1n) is 9.42. The lowest BCUT2D eigenvalue weighted by Crippen LogP contribution is -2.47. The third-order valence-corrected chi connectivity index (χ3v) is 5.26. The molecular formula is C22H25FN2O3. The van der Waals surface area contributed by atoms with E-state index in [2.05, 4.69) is 10.6 Å². The molecule has 2 aromatic carbocycles. The molecule has 148 valence electrons. The van der Waals surface area contributed by atoms with Crippen molar-refractivity contribution in [2.24, 2.45) is 5.41 Å². The molecule has 5 nitrogen and oxygen atoms in total. The quantitative estimate of drug-likeness (QED) is 0.721. The van der Waals surface area contributed by atoms with Crippen LogP contribution in [0.25, 0.3) is 0 Å². The van der Waals surface area contributed by atoms with E-state index in [0.29, 0.717) is 29.8 Å². The van der Waals surface area contributed by atoms with Gasteiger partial charge in [-0.2, -0.15) is 0 Å². The van der Waals surface area contributed by atoms with Crippen molar-refractivity contribution in [1.82, 2.24) is 10.6 Å². The number of halogens is 1. The summed E-state index contributed by atoms with van der Waals surface area (Å²) < 4.78 is 18.5. The minimum Gasteiger partial charge on any atom is -0.384 e. The summed E-state index contributed by atoms with van der Waals surface area (Å²) in [6, 6.07) is 12.0. The summed E-state index contributed by atoms with van der Waals surface area (Å²) in [7, 11) is 1.67. The van der Waals surface area contributed by atoms with Crippen LogP contribution in [0.1, 0.15) is 39.1 Å². The molecule has 2 aromatic rings. The Morgan fingerprint density at radius 2 is 1.71 bits per heavy atom. The van der Waals surface area contributed by atoms with Crippen LogP contribution in [-0.2, 0) is 4.74 Å². The van der Waals surface area contributed by atoms with Crippen LogP contribution in [-0.4, -0.2) is 45.0 Å². The first-order valence-corrected chi connectivity index (χ1v) is 9.42. The Morgan fingerprint density at radius 1 is 1.07 bits per heavy atom. The molecule has 0 bridgehead atoms. The monoisotopic (exact) mass is 384 g/mol. The summed E-state index contributed by atoms with van der Waals surface area (Å²) in [5, 5.41) is 6.32. The van der Waals surface area contributed by atoms with Crippen molar-refractivity contribution >= 4 is 11.7 Å². The van der Waals surface area contributed by atoms with Gasteiger partial charge < -0.3 is 15.4 Å². The molecule has 1 aliphatic rings. The molecule has 0 atom stereocenters. The highest BCUT2D eigenvalue weighted by atomic mass is 19.1. The van der Waals surface area contributed by atoms with Gasteiger partial charge in [0, 0.05) is 30.2 Å². The highest BCUT2D eigenvalue weighted by molar-refractivity contribution is 6.15. The first-order chi connectivity index (χ1) is 13.5. The van der Waals surface area contributed by atoms with Gasteiger partial charge in [0.1, 0.15) is 5.82 Å². The number of methoxy groups -OCH3 is 1. The summed E-state index contributed by atoms with van der Waals surface area (Å²) in [6.45, 7) is 2.84. The van der Waals surface area contributed by atoms with E-state index in [4.69, 9.17) is 4.74 Å². The second-order valence-corrected chi connectivity index (χ2v) is 7.25. The molecule has 1 saturated heterocycles. The zero-order chi connectivity index (χ0) is 20.0. The van der Waals surface area contributed by atoms with Crippen molar-refractivity contribution in [1.29, 1.82) is 0 Å². The van der Waals surface area contributed by atoms with Gasteiger partial charge >= 0.3 is 0 Å². The van der Waals surface area contributed by atoms with Gasteiger partial charge in [-0.05, 0) is 56.3 Å². The average molecular weight is 384 g/mol. The van der Waals surface area contributed by atoms with Crippen LogP contribution in [0.4, 0.5) is 4.39 Å². The zero-order valence-electron chi connectivity index (χ0n) is 16.0. The predicted octanol–water partition coefficient (Wildman–Crippen LogP) is 2.80. The lowest BCUT2D eigenvalue weighted by atomic mass is 9.79. The van der Waals surface area contributed by atoms with Crippen molar-refractivity contribution in [3.63, 3.8) is 0 Å². The highest BCUT2D eigenvalue weighted by Crippen LogP contribution is 2.28. The third-order valence-electron chi connectivity index (χ3n) is 5.26. The maximum atomic E-state index is 13.1. The highest BCUT2D eigenvalue weighted by Gasteiger charge is 2.33. The topological polar surface area (TPSA) is 67.4 Å². The molecule has 2 N–H and O–H groups in total. The Kier molecular flexibility index (Phi) is 6.54. The second-order valence-electron chi connectivity index (χ2n) is 7.25. The molecule has 0 aliphatic carbocycles. The van der Waals surface area contributed by atoms with E-state index in [1.807, 2.05) is 0 Å². The van der Waals surface area contributed by atoms with E-state index < -0.39 is 5.82 Å². The van der Waals surface area contributed by atoms with Crippen molar-refractivity contribution in [2.75, 3.05) is 33.4 Å². The number of benzene rings is 2. The number of piperidine rings is 1. The molecule has 6 heteroatoms. The van der Waals surface area contributed by atoms with Crippen molar-refractivity contribution < 1.29 is 18.7 Å². The number of carbonyl (C=O) groups excluding carboxylic acids is 2. The summed E-state index contributed by atoms with van der Waals surface area (Å²) >= 11 is 0. The standard InChI is InChI=1S/C22H25FN2O3/c1-28-15-22(10-12-24-13-11-22)14-25-21(27)19-5-3-2-4-18(19)20(26)16-6-8-17(23)9-7-16/h2-9,24H,10-15H2,1H3,(H,25,27). The molecular weight excluding hydrogens is 359 g/mol. The van der Waals surface area contributed by atoms with E-state index in [-0.39, 0.29) is 17.1 Å². The summed E-state index contributed by atoms with van der Waals surface area (Å²) in [6.07, 6.45) is 1.83. The number of ether oxygens (including phenoxy) is 1. The summed E-state index contributed by atoms with van der Waals surface area (Å²) in [5.41, 5.74) is 0.859. The molecule has 1 fully saturated rings. The average Bonchev–Trinajstić information content (AvgIpc) is 2.73. The Labute approximate surface area is 164 Å². The fourth-order valence-corrected chi connectivity index (χ4v) is 3.63. The maximum absolute atomic E-state index is 13.1. The molecule has 0 radical (unpaired) electrons. The van der Waals surface area contributed by atoms with E-state index in [0.717, 1.165) is 25.9 Å². The van der Waals surface area contributed by atoms with Crippen LogP contribution in [0.2, 0.25) is 0 Å². The van der Waals surface area contributed by atoms with Crippen LogP contribution in [0, 0.1) is 11.2 Å². The largest absolute Gasteiger partial charge is 0.384 e. The minimum atomic E-state index is -0.409. The van der Waals surface area contributed by atoms with Gasteiger partial charge in [0.05, 0.1) is 12.2 Å². The van der Waals surface area contributed by atoms with Crippen LogP contribution < -0.4 is 10.6 Å². The van der Waals surface area contributed by atoms with Crippen LogP contribution in [0.15, 0.2) is 48.5 Å². The lowest BCUT2D eigenvalue weighted by Gasteiger charge is -2.37. The number of amides is 1. The fraction of sp³-hybridized carbons (Fsp3) is 0.364. The van der Waals surface area contributed by atoms with Crippen LogP contribution >= 0.6 is 0 Å². The molecule has 3 rings (SSSR count). The number of carbonyl (C=O) groups is 2. The van der Waals surface area contributed by atoms with Gasteiger partial charge in [-0.25, -0.2) is 4.39 Å². The van der Waals surface area contributed by atoms with Crippen LogP contribution in [0.3, 0.4) is 0 Å². The van der Waals surface area contributed by atoms with E-state index in [1.54, 1.807) is 31.4 Å². The number of hydrogen-bond donors (Lipinski definition) is 2. The smallest absolute Gasteiger partial charge is 0.252 e. The van der Waals surface area contributed by atoms with Crippen molar-refractivity contribution in [3.05, 3.63) is 71.0 Å².